The van der Waals surface area contributed by atoms with Crippen molar-refractivity contribution in [3.05, 3.63) is 24.3 Å². The Balaban J connectivity index is 2.87. The van der Waals surface area contributed by atoms with Crippen LogP contribution in [0.15, 0.2) is 29.2 Å². The highest BCUT2D eigenvalue weighted by molar-refractivity contribution is 7.89. The molecule has 0 aliphatic carbocycles. The summed E-state index contributed by atoms with van der Waals surface area (Å²) in [5, 5.41) is 8.74. The van der Waals surface area contributed by atoms with E-state index < -0.39 is 34.8 Å². The predicted octanol–water partition coefficient (Wildman–Crippen LogP) is 1.24. The molecular weight excluding hydrogens is 287 g/mol. The van der Waals surface area contributed by atoms with E-state index in [1.165, 1.54) is 6.92 Å². The van der Waals surface area contributed by atoms with Crippen LogP contribution >= 0.6 is 0 Å². The number of sulfonamides is 1. The van der Waals surface area contributed by atoms with Crippen LogP contribution in [0.2, 0.25) is 0 Å². The fourth-order valence-corrected chi connectivity index (χ4v) is 2.43. The Morgan fingerprint density at radius 1 is 1.32 bits per heavy atom. The number of benzene rings is 1. The molecule has 0 aliphatic rings. The van der Waals surface area contributed by atoms with Crippen LogP contribution in [-0.2, 0) is 10.0 Å². The summed E-state index contributed by atoms with van der Waals surface area (Å²) in [7, 11) is -3.88. The topological polar surface area (TPSA) is 75.6 Å². The van der Waals surface area contributed by atoms with Gasteiger partial charge in [-0.25, -0.2) is 13.1 Å². The van der Waals surface area contributed by atoms with Crippen molar-refractivity contribution < 1.29 is 31.4 Å². The van der Waals surface area contributed by atoms with Gasteiger partial charge in [-0.2, -0.15) is 0 Å². The molecule has 1 unspecified atom stereocenters. The maximum Gasteiger partial charge on any atom is 0.573 e. The van der Waals surface area contributed by atoms with Crippen molar-refractivity contribution >= 4 is 10.0 Å². The van der Waals surface area contributed by atoms with Crippen molar-refractivity contribution in [3.63, 3.8) is 0 Å². The first-order valence-corrected chi connectivity index (χ1v) is 6.61. The maximum atomic E-state index is 11.9. The van der Waals surface area contributed by atoms with Gasteiger partial charge in [0.05, 0.1) is 11.5 Å². The first kappa shape index (κ1) is 15.7. The summed E-state index contributed by atoms with van der Waals surface area (Å²) < 4.78 is 64.9. The minimum absolute atomic E-state index is 0.220. The molecule has 0 spiro atoms. The van der Waals surface area contributed by atoms with E-state index in [4.69, 9.17) is 5.11 Å². The SMILES string of the molecule is CC(CO)NS(=O)(=O)c1ccc(OC(F)(F)F)cc1. The fourth-order valence-electron chi connectivity index (χ4n) is 1.19. The third kappa shape index (κ3) is 5.05. The second-order valence-corrected chi connectivity index (χ2v) is 5.44. The van der Waals surface area contributed by atoms with E-state index in [9.17, 15) is 21.6 Å². The summed E-state index contributed by atoms with van der Waals surface area (Å²) in [6.07, 6.45) is -4.83. The number of alkyl halides is 3. The van der Waals surface area contributed by atoms with Gasteiger partial charge in [-0.1, -0.05) is 0 Å². The van der Waals surface area contributed by atoms with E-state index in [0.29, 0.717) is 0 Å². The third-order valence-electron chi connectivity index (χ3n) is 2.00. The molecule has 1 atom stereocenters. The summed E-state index contributed by atoms with van der Waals surface area (Å²) in [5.74, 6) is -0.512. The van der Waals surface area contributed by atoms with Gasteiger partial charge in [0.25, 0.3) is 0 Å². The molecule has 5 nitrogen and oxygen atoms in total. The predicted molar refractivity (Wildman–Crippen MR) is 60.0 cm³/mol. The molecule has 0 saturated heterocycles. The highest BCUT2D eigenvalue weighted by atomic mass is 32.2. The van der Waals surface area contributed by atoms with E-state index in [1.54, 1.807) is 0 Å². The number of ether oxygens (including phenoxy) is 1. The monoisotopic (exact) mass is 299 g/mol. The lowest BCUT2D eigenvalue weighted by Crippen LogP contribution is -2.34. The normalized spacial score (nSPS) is 14.2. The molecule has 0 bridgehead atoms. The van der Waals surface area contributed by atoms with Gasteiger partial charge < -0.3 is 9.84 Å². The van der Waals surface area contributed by atoms with E-state index in [2.05, 4.69) is 9.46 Å². The van der Waals surface area contributed by atoms with E-state index in [1.807, 2.05) is 0 Å². The lowest BCUT2D eigenvalue weighted by molar-refractivity contribution is -0.274. The molecular formula is C10H12F3NO4S. The van der Waals surface area contributed by atoms with Gasteiger partial charge >= 0.3 is 6.36 Å². The first-order chi connectivity index (χ1) is 8.64. The molecule has 1 aromatic carbocycles. The third-order valence-corrected chi connectivity index (χ3v) is 3.60. The van der Waals surface area contributed by atoms with Crippen LogP contribution in [0.1, 0.15) is 6.92 Å². The summed E-state index contributed by atoms with van der Waals surface area (Å²) in [5.41, 5.74) is 0. The Morgan fingerprint density at radius 3 is 2.26 bits per heavy atom. The number of aliphatic hydroxyl groups excluding tert-OH is 1. The Bertz CT molecular complexity index is 513. The molecule has 108 valence electrons. The van der Waals surface area contributed by atoms with Crippen molar-refractivity contribution in [2.24, 2.45) is 0 Å². The molecule has 9 heteroatoms. The number of aliphatic hydroxyl groups is 1. The smallest absolute Gasteiger partial charge is 0.406 e. The number of hydrogen-bond donors (Lipinski definition) is 2. The summed E-state index contributed by atoms with van der Waals surface area (Å²) in [6.45, 7) is 1.05. The van der Waals surface area contributed by atoms with Gasteiger partial charge in [0, 0.05) is 6.04 Å². The van der Waals surface area contributed by atoms with Gasteiger partial charge in [0.15, 0.2) is 0 Å². The highest BCUT2D eigenvalue weighted by Crippen LogP contribution is 2.23. The van der Waals surface area contributed by atoms with Gasteiger partial charge in [0.2, 0.25) is 10.0 Å². The summed E-state index contributed by atoms with van der Waals surface area (Å²) >= 11 is 0. The largest absolute Gasteiger partial charge is 0.573 e. The van der Waals surface area contributed by atoms with Crippen molar-refractivity contribution in [3.8, 4) is 5.75 Å². The zero-order valence-corrected chi connectivity index (χ0v) is 10.6. The molecule has 1 rings (SSSR count). The van der Waals surface area contributed by atoms with Crippen LogP contribution in [0.5, 0.6) is 5.75 Å². The second kappa shape index (κ2) is 5.76. The number of rotatable bonds is 5. The molecule has 2 N–H and O–H groups in total. The highest BCUT2D eigenvalue weighted by Gasteiger charge is 2.31. The van der Waals surface area contributed by atoms with Crippen molar-refractivity contribution in [1.29, 1.82) is 0 Å². The van der Waals surface area contributed by atoms with Crippen LogP contribution in [0, 0.1) is 0 Å². The fraction of sp³-hybridized carbons (Fsp3) is 0.400. The van der Waals surface area contributed by atoms with Crippen LogP contribution in [-0.4, -0.2) is 32.5 Å². The molecule has 0 saturated carbocycles. The van der Waals surface area contributed by atoms with Crippen LogP contribution in [0.3, 0.4) is 0 Å². The van der Waals surface area contributed by atoms with Gasteiger partial charge in [-0.3, -0.25) is 0 Å². The minimum Gasteiger partial charge on any atom is -0.406 e. The van der Waals surface area contributed by atoms with Crippen molar-refractivity contribution in [2.45, 2.75) is 24.2 Å². The van der Waals surface area contributed by atoms with E-state index in [-0.39, 0.29) is 4.90 Å². The lowest BCUT2D eigenvalue weighted by Gasteiger charge is -2.12. The zero-order valence-electron chi connectivity index (χ0n) is 9.81. The first-order valence-electron chi connectivity index (χ1n) is 5.13. The number of hydrogen-bond acceptors (Lipinski definition) is 4. The van der Waals surface area contributed by atoms with Crippen LogP contribution < -0.4 is 9.46 Å². The van der Waals surface area contributed by atoms with E-state index in [0.717, 1.165) is 24.3 Å². The molecule has 0 heterocycles. The number of halogens is 3. The Hall–Kier alpha value is -1.32. The molecule has 0 aliphatic heterocycles. The zero-order chi connectivity index (χ0) is 14.7. The summed E-state index contributed by atoms with van der Waals surface area (Å²) in [6, 6.07) is 3.05. The number of nitrogens with one attached hydrogen (secondary N) is 1. The summed E-state index contributed by atoms with van der Waals surface area (Å²) in [4.78, 5) is -0.220. The Kier molecular flexibility index (Phi) is 4.77. The van der Waals surface area contributed by atoms with Crippen molar-refractivity contribution in [2.75, 3.05) is 6.61 Å². The molecule has 19 heavy (non-hydrogen) atoms. The Labute approximate surface area is 108 Å². The molecule has 1 aromatic rings. The van der Waals surface area contributed by atoms with Gasteiger partial charge in [-0.05, 0) is 31.2 Å². The van der Waals surface area contributed by atoms with Crippen LogP contribution in [0.25, 0.3) is 0 Å². The van der Waals surface area contributed by atoms with Crippen LogP contribution in [0.4, 0.5) is 13.2 Å². The maximum absolute atomic E-state index is 11.9. The van der Waals surface area contributed by atoms with Crippen molar-refractivity contribution in [1.82, 2.24) is 4.72 Å². The standard InChI is InChI=1S/C10H12F3NO4S/c1-7(6-15)14-19(16,17)9-4-2-8(3-5-9)18-10(11,12)13/h2-5,7,14-15H,6H2,1H3. The quantitative estimate of drug-likeness (QED) is 0.858. The Morgan fingerprint density at radius 2 is 1.84 bits per heavy atom. The average molecular weight is 299 g/mol. The average Bonchev–Trinajstić information content (AvgIpc) is 2.26. The van der Waals surface area contributed by atoms with E-state index >= 15 is 0 Å². The molecule has 0 radical (unpaired) electrons. The molecule has 0 aromatic heterocycles. The lowest BCUT2D eigenvalue weighted by atomic mass is 10.3. The minimum atomic E-state index is -4.83. The molecule has 0 amide bonds. The van der Waals surface area contributed by atoms with Gasteiger partial charge in [-0.15, -0.1) is 13.2 Å². The molecule has 0 fully saturated rings. The second-order valence-electron chi connectivity index (χ2n) is 3.72. The van der Waals surface area contributed by atoms with Gasteiger partial charge in [0.1, 0.15) is 5.75 Å².